The van der Waals surface area contributed by atoms with Gasteiger partial charge < -0.3 is 9.73 Å². The van der Waals surface area contributed by atoms with Crippen molar-refractivity contribution in [1.82, 2.24) is 4.98 Å². The van der Waals surface area contributed by atoms with Gasteiger partial charge in [-0.3, -0.25) is 10.1 Å². The van der Waals surface area contributed by atoms with Crippen molar-refractivity contribution in [3.63, 3.8) is 0 Å². The summed E-state index contributed by atoms with van der Waals surface area (Å²) in [5, 5.41) is 25.6. The first kappa shape index (κ1) is 19.9. The molecule has 0 saturated carbocycles. The average molecular weight is 434 g/mol. The second-order valence-corrected chi connectivity index (χ2v) is 7.15. The van der Waals surface area contributed by atoms with E-state index in [1.807, 2.05) is 6.07 Å². The number of aromatic nitrogens is 1. The highest BCUT2D eigenvalue weighted by Crippen LogP contribution is 2.28. The average Bonchev–Trinajstić information content (AvgIpc) is 3.23. The molecule has 0 unspecified atom stereocenters. The highest BCUT2D eigenvalue weighted by molar-refractivity contribution is 7.11. The number of halogens is 1. The molecule has 4 rings (SSSR count). The Labute approximate surface area is 177 Å². The minimum absolute atomic E-state index is 0.117. The van der Waals surface area contributed by atoms with Crippen molar-refractivity contribution < 1.29 is 13.7 Å². The Kier molecular flexibility index (Phi) is 5.26. The highest BCUT2D eigenvalue weighted by Gasteiger charge is 2.15. The van der Waals surface area contributed by atoms with Crippen LogP contribution in [-0.2, 0) is 0 Å². The third-order valence-corrected chi connectivity index (χ3v) is 5.14. The fraction of sp³-hybridized carbons (Fsp3) is 0. The maximum absolute atomic E-state index is 13.3. The van der Waals surface area contributed by atoms with Gasteiger partial charge in [-0.15, -0.1) is 11.3 Å². The number of hydrogen-bond donors (Lipinski definition) is 1. The van der Waals surface area contributed by atoms with Crippen LogP contribution in [0, 0.1) is 27.3 Å². The maximum Gasteiger partial charge on any atom is 0.345 e. The first-order valence-electron chi connectivity index (χ1n) is 8.75. The molecule has 1 N–H and O–H groups in total. The molecule has 152 valence electrons. The van der Waals surface area contributed by atoms with Crippen molar-refractivity contribution in [2.75, 3.05) is 5.32 Å². The summed E-state index contributed by atoms with van der Waals surface area (Å²) in [6.07, 6.45) is 1.39. The van der Waals surface area contributed by atoms with Crippen LogP contribution >= 0.6 is 11.3 Å². The predicted molar refractivity (Wildman–Crippen MR) is 114 cm³/mol. The van der Waals surface area contributed by atoms with E-state index < -0.39 is 16.4 Å². The van der Waals surface area contributed by atoms with E-state index in [-0.39, 0.29) is 28.1 Å². The molecular formula is C21H11FN4O4S. The third kappa shape index (κ3) is 4.17. The zero-order chi connectivity index (χ0) is 22.0. The van der Waals surface area contributed by atoms with E-state index >= 15 is 0 Å². The van der Waals surface area contributed by atoms with Crippen molar-refractivity contribution in [3.8, 4) is 17.3 Å². The number of allylic oxidation sites excluding steroid dienone is 1. The molecule has 0 aliphatic heterocycles. The SMILES string of the molecule is N#C/C(=C\Nc1cccc(F)c1)c1nc(-c2cc3cc([N+](=O)[O-])ccc3oc2=O)cs1. The molecule has 2 aromatic heterocycles. The largest absolute Gasteiger partial charge is 0.422 e. The van der Waals surface area contributed by atoms with Gasteiger partial charge in [-0.25, -0.2) is 14.2 Å². The molecule has 31 heavy (non-hydrogen) atoms. The minimum Gasteiger partial charge on any atom is -0.422 e. The quantitative estimate of drug-likeness (QED) is 0.204. The maximum atomic E-state index is 13.3. The summed E-state index contributed by atoms with van der Waals surface area (Å²) in [7, 11) is 0. The summed E-state index contributed by atoms with van der Waals surface area (Å²) >= 11 is 1.13. The van der Waals surface area contributed by atoms with Crippen LogP contribution in [0.25, 0.3) is 27.8 Å². The second-order valence-electron chi connectivity index (χ2n) is 6.29. The Morgan fingerprint density at radius 3 is 2.87 bits per heavy atom. The van der Waals surface area contributed by atoms with Crippen molar-refractivity contribution in [2.24, 2.45) is 0 Å². The van der Waals surface area contributed by atoms with Crippen molar-refractivity contribution >= 4 is 39.3 Å². The molecule has 0 aliphatic rings. The summed E-state index contributed by atoms with van der Waals surface area (Å²) in [5.41, 5.74) is 0.456. The summed E-state index contributed by atoms with van der Waals surface area (Å²) in [4.78, 5) is 27.2. The summed E-state index contributed by atoms with van der Waals surface area (Å²) in [5.74, 6) is -0.420. The molecule has 0 bridgehead atoms. The van der Waals surface area contributed by atoms with E-state index in [1.54, 1.807) is 11.4 Å². The van der Waals surface area contributed by atoms with Gasteiger partial charge in [0.2, 0.25) is 0 Å². The summed E-state index contributed by atoms with van der Waals surface area (Å²) < 4.78 is 18.5. The molecule has 2 aromatic carbocycles. The number of nitriles is 1. The molecule has 0 fully saturated rings. The number of nitro benzene ring substituents is 1. The monoisotopic (exact) mass is 434 g/mol. The third-order valence-electron chi connectivity index (χ3n) is 4.27. The molecule has 4 aromatic rings. The minimum atomic E-state index is -0.654. The number of hydrogen-bond acceptors (Lipinski definition) is 8. The Balaban J connectivity index is 1.68. The fourth-order valence-corrected chi connectivity index (χ4v) is 3.59. The molecule has 2 heterocycles. The van der Waals surface area contributed by atoms with E-state index in [9.17, 15) is 24.6 Å². The smallest absolute Gasteiger partial charge is 0.345 e. The number of nitrogens with zero attached hydrogens (tertiary/aromatic N) is 3. The number of non-ortho nitro benzene ring substituents is 1. The van der Waals surface area contributed by atoms with E-state index in [2.05, 4.69) is 10.3 Å². The standard InChI is InChI=1S/C21H11FN4O4S/c22-14-2-1-3-15(8-14)24-10-13(9-23)20-25-18(11-31-20)17-7-12-6-16(26(28)29)4-5-19(12)30-21(17)27/h1-8,10-11,24H/b13-10+. The van der Waals surface area contributed by atoms with Crippen molar-refractivity contribution in [3.05, 3.63) is 91.5 Å². The predicted octanol–water partition coefficient (Wildman–Crippen LogP) is 4.94. The molecule has 10 heteroatoms. The molecule has 8 nitrogen and oxygen atoms in total. The van der Waals surface area contributed by atoms with E-state index in [0.29, 0.717) is 16.1 Å². The summed E-state index contributed by atoms with van der Waals surface area (Å²) in [6.45, 7) is 0. The topological polar surface area (TPSA) is 122 Å². The van der Waals surface area contributed by atoms with Gasteiger partial charge in [0.1, 0.15) is 28.1 Å². The van der Waals surface area contributed by atoms with E-state index in [0.717, 1.165) is 11.3 Å². The van der Waals surface area contributed by atoms with Crippen LogP contribution in [0.15, 0.2) is 69.3 Å². The molecule has 0 saturated heterocycles. The Bertz CT molecular complexity index is 1450. The van der Waals surface area contributed by atoms with Gasteiger partial charge in [0.25, 0.3) is 5.69 Å². The fourth-order valence-electron chi connectivity index (χ4n) is 2.80. The number of nitrogens with one attached hydrogen (secondary N) is 1. The van der Waals surface area contributed by atoms with Gasteiger partial charge in [0.15, 0.2) is 0 Å². The van der Waals surface area contributed by atoms with Gasteiger partial charge in [0, 0.05) is 34.8 Å². The molecular weight excluding hydrogens is 423 g/mol. The molecule has 0 spiro atoms. The molecule has 0 aliphatic carbocycles. The zero-order valence-corrected chi connectivity index (χ0v) is 16.4. The number of thiazole rings is 1. The van der Waals surface area contributed by atoms with Crippen LogP contribution in [-0.4, -0.2) is 9.91 Å². The first-order valence-corrected chi connectivity index (χ1v) is 9.63. The van der Waals surface area contributed by atoms with E-state index in [4.69, 9.17) is 4.42 Å². The van der Waals surface area contributed by atoms with Gasteiger partial charge in [-0.2, -0.15) is 5.26 Å². The van der Waals surface area contributed by atoms with Crippen molar-refractivity contribution in [1.29, 1.82) is 5.26 Å². The Morgan fingerprint density at radius 1 is 1.29 bits per heavy atom. The lowest BCUT2D eigenvalue weighted by atomic mass is 10.1. The van der Waals surface area contributed by atoms with Crippen LogP contribution < -0.4 is 10.9 Å². The lowest BCUT2D eigenvalue weighted by Gasteiger charge is -2.01. The van der Waals surface area contributed by atoms with Crippen LogP contribution in [0.5, 0.6) is 0 Å². The van der Waals surface area contributed by atoms with Gasteiger partial charge in [-0.05, 0) is 30.3 Å². The molecule has 0 radical (unpaired) electrons. The lowest BCUT2D eigenvalue weighted by molar-refractivity contribution is -0.384. The van der Waals surface area contributed by atoms with Crippen LogP contribution in [0.1, 0.15) is 5.01 Å². The number of nitro groups is 1. The summed E-state index contributed by atoms with van der Waals surface area (Å²) in [6, 6.07) is 13.1. The number of anilines is 1. The van der Waals surface area contributed by atoms with E-state index in [1.165, 1.54) is 48.7 Å². The van der Waals surface area contributed by atoms with Crippen LogP contribution in [0.4, 0.5) is 15.8 Å². The number of rotatable bonds is 5. The lowest BCUT2D eigenvalue weighted by Crippen LogP contribution is -2.03. The number of benzene rings is 2. The van der Waals surface area contributed by atoms with Crippen molar-refractivity contribution in [2.45, 2.75) is 0 Å². The first-order chi connectivity index (χ1) is 14.9. The second kappa shape index (κ2) is 8.17. The normalized spacial score (nSPS) is 11.3. The van der Waals surface area contributed by atoms with Gasteiger partial charge >= 0.3 is 5.63 Å². The van der Waals surface area contributed by atoms with Gasteiger partial charge in [-0.1, -0.05) is 6.07 Å². The van der Waals surface area contributed by atoms with Crippen LogP contribution in [0.3, 0.4) is 0 Å². The zero-order valence-electron chi connectivity index (χ0n) is 15.5. The Morgan fingerprint density at radius 2 is 2.13 bits per heavy atom. The van der Waals surface area contributed by atoms with Gasteiger partial charge in [0.05, 0.1) is 16.2 Å². The molecule has 0 amide bonds. The molecule has 0 atom stereocenters. The number of fused-ring (bicyclic) bond motifs is 1. The Hall–Kier alpha value is -4.36. The highest BCUT2D eigenvalue weighted by atomic mass is 32.1. The van der Waals surface area contributed by atoms with Crippen LogP contribution in [0.2, 0.25) is 0 Å².